The number of anilines is 1. The van der Waals surface area contributed by atoms with Crippen molar-refractivity contribution in [3.63, 3.8) is 0 Å². The van der Waals surface area contributed by atoms with Crippen LogP contribution in [0.5, 0.6) is 0 Å². The van der Waals surface area contributed by atoms with Gasteiger partial charge in [0.15, 0.2) is 0 Å². The van der Waals surface area contributed by atoms with Gasteiger partial charge in [-0.05, 0) is 29.8 Å². The van der Waals surface area contributed by atoms with Gasteiger partial charge in [0.25, 0.3) is 5.91 Å². The number of halogens is 3. The lowest BCUT2D eigenvalue weighted by atomic mass is 10.2. The largest absolute Gasteiger partial charge is 0.322 e. The van der Waals surface area contributed by atoms with E-state index in [9.17, 15) is 9.18 Å². The number of nitrogens with one attached hydrogen (secondary N) is 1. The molecular weight excluding hydrogens is 333 g/mol. The first-order chi connectivity index (χ1) is 9.11. The Bertz CT molecular complexity index is 581. The van der Waals surface area contributed by atoms with Gasteiger partial charge in [-0.2, -0.15) is 0 Å². The van der Waals surface area contributed by atoms with Crippen LogP contribution in [0.1, 0.15) is 15.9 Å². The maximum absolute atomic E-state index is 13.6. The highest BCUT2D eigenvalue weighted by molar-refractivity contribution is 9.08. The number of hydrogen-bond donors (Lipinski definition) is 1. The first-order valence-corrected chi connectivity index (χ1v) is 7.02. The third-order valence-electron chi connectivity index (χ3n) is 2.56. The molecule has 2 aromatic rings. The van der Waals surface area contributed by atoms with Gasteiger partial charge in [0.2, 0.25) is 0 Å². The number of carbonyl (C=O) groups is 1. The fraction of sp³-hybridized carbons (Fsp3) is 0.0714. The predicted octanol–water partition coefficient (Wildman–Crippen LogP) is 4.63. The second-order valence-electron chi connectivity index (χ2n) is 3.88. The number of carbonyl (C=O) groups excluding carboxylic acids is 1. The molecule has 0 heterocycles. The molecule has 0 saturated heterocycles. The normalized spacial score (nSPS) is 10.3. The molecule has 0 spiro atoms. The number of alkyl halides is 1. The fourth-order valence-corrected chi connectivity index (χ4v) is 2.21. The molecule has 0 aliphatic carbocycles. The summed E-state index contributed by atoms with van der Waals surface area (Å²) in [4.78, 5) is 12.0. The number of amides is 1. The molecule has 5 heteroatoms. The van der Waals surface area contributed by atoms with Gasteiger partial charge in [0.05, 0.1) is 10.6 Å². The minimum absolute atomic E-state index is 0.0922. The first kappa shape index (κ1) is 14.0. The molecule has 1 amide bonds. The highest BCUT2D eigenvalue weighted by atomic mass is 79.9. The van der Waals surface area contributed by atoms with E-state index in [4.69, 9.17) is 11.6 Å². The molecular formula is C14H10BrClFNO. The average Bonchev–Trinajstić information content (AvgIpc) is 2.39. The summed E-state index contributed by atoms with van der Waals surface area (Å²) >= 11 is 9.17. The van der Waals surface area contributed by atoms with Gasteiger partial charge in [-0.25, -0.2) is 4.39 Å². The summed E-state index contributed by atoms with van der Waals surface area (Å²) in [5.41, 5.74) is 1.53. The summed E-state index contributed by atoms with van der Waals surface area (Å²) in [5.74, 6) is -1.20. The Hall–Kier alpha value is -1.39. The molecule has 0 aliphatic heterocycles. The van der Waals surface area contributed by atoms with Crippen molar-refractivity contribution in [1.29, 1.82) is 0 Å². The predicted molar refractivity (Wildman–Crippen MR) is 78.4 cm³/mol. The zero-order valence-corrected chi connectivity index (χ0v) is 12.1. The maximum Gasteiger partial charge on any atom is 0.260 e. The third-order valence-corrected chi connectivity index (χ3v) is 3.52. The molecule has 2 nitrogen and oxygen atoms in total. The standard InChI is InChI=1S/C14H10BrClFNO/c15-8-9-4-6-10(7-5-9)18-14(19)13-11(16)2-1-3-12(13)17/h1-7H,8H2,(H,18,19). The van der Waals surface area contributed by atoms with E-state index in [1.165, 1.54) is 18.2 Å². The lowest BCUT2D eigenvalue weighted by Gasteiger charge is -2.08. The summed E-state index contributed by atoms with van der Waals surface area (Å²) in [6, 6.07) is 11.4. The Balaban J connectivity index is 2.21. The molecule has 0 unspecified atom stereocenters. The van der Waals surface area contributed by atoms with E-state index < -0.39 is 11.7 Å². The van der Waals surface area contributed by atoms with E-state index in [0.29, 0.717) is 5.69 Å². The SMILES string of the molecule is O=C(Nc1ccc(CBr)cc1)c1c(F)cccc1Cl. The van der Waals surface area contributed by atoms with E-state index in [2.05, 4.69) is 21.2 Å². The van der Waals surface area contributed by atoms with Gasteiger partial charge in [0.1, 0.15) is 5.82 Å². The minimum atomic E-state index is -0.637. The molecule has 0 bridgehead atoms. The van der Waals surface area contributed by atoms with E-state index in [1.807, 2.05) is 12.1 Å². The van der Waals surface area contributed by atoms with Crippen LogP contribution in [0.3, 0.4) is 0 Å². The van der Waals surface area contributed by atoms with Crippen LogP contribution in [0.2, 0.25) is 5.02 Å². The summed E-state index contributed by atoms with van der Waals surface area (Å²) < 4.78 is 13.6. The molecule has 2 rings (SSSR count). The van der Waals surface area contributed by atoms with Crippen molar-refractivity contribution in [2.45, 2.75) is 5.33 Å². The second-order valence-corrected chi connectivity index (χ2v) is 4.85. The van der Waals surface area contributed by atoms with Gasteiger partial charge in [-0.15, -0.1) is 0 Å². The Labute approximate surface area is 123 Å². The lowest BCUT2D eigenvalue weighted by molar-refractivity contribution is 0.102. The molecule has 1 N–H and O–H groups in total. The number of hydrogen-bond acceptors (Lipinski definition) is 1. The van der Waals surface area contributed by atoms with E-state index in [0.717, 1.165) is 10.9 Å². The Kier molecular flexibility index (Phi) is 4.56. The maximum atomic E-state index is 13.6. The first-order valence-electron chi connectivity index (χ1n) is 5.52. The third kappa shape index (κ3) is 3.33. The molecule has 0 radical (unpaired) electrons. The summed E-state index contributed by atoms with van der Waals surface area (Å²) in [7, 11) is 0. The van der Waals surface area contributed by atoms with Crippen molar-refractivity contribution in [2.75, 3.05) is 5.32 Å². The average molecular weight is 343 g/mol. The molecule has 0 aromatic heterocycles. The fourth-order valence-electron chi connectivity index (χ4n) is 1.59. The molecule has 0 aliphatic rings. The van der Waals surface area contributed by atoms with Crippen LogP contribution < -0.4 is 5.32 Å². The van der Waals surface area contributed by atoms with Crippen LogP contribution in [0, 0.1) is 5.82 Å². The van der Waals surface area contributed by atoms with Crippen molar-refractivity contribution in [3.05, 3.63) is 64.4 Å². The van der Waals surface area contributed by atoms with Crippen LogP contribution >= 0.6 is 27.5 Å². The lowest BCUT2D eigenvalue weighted by Crippen LogP contribution is -2.14. The zero-order chi connectivity index (χ0) is 13.8. The Morgan fingerprint density at radius 2 is 1.89 bits per heavy atom. The van der Waals surface area contributed by atoms with E-state index in [1.54, 1.807) is 12.1 Å². The summed E-state index contributed by atoms with van der Waals surface area (Å²) in [5, 5.41) is 3.44. The van der Waals surface area contributed by atoms with E-state index in [-0.39, 0.29) is 10.6 Å². The van der Waals surface area contributed by atoms with Crippen LogP contribution in [0.15, 0.2) is 42.5 Å². The Morgan fingerprint density at radius 1 is 1.21 bits per heavy atom. The topological polar surface area (TPSA) is 29.1 Å². The van der Waals surface area contributed by atoms with Crippen LogP contribution in [0.25, 0.3) is 0 Å². The molecule has 0 atom stereocenters. The van der Waals surface area contributed by atoms with Crippen molar-refractivity contribution in [3.8, 4) is 0 Å². The van der Waals surface area contributed by atoms with E-state index >= 15 is 0 Å². The van der Waals surface area contributed by atoms with Crippen LogP contribution in [-0.2, 0) is 5.33 Å². The van der Waals surface area contributed by atoms with Gasteiger partial charge in [-0.1, -0.05) is 45.7 Å². The highest BCUT2D eigenvalue weighted by Gasteiger charge is 2.15. The van der Waals surface area contributed by atoms with Crippen LogP contribution in [0.4, 0.5) is 10.1 Å². The molecule has 98 valence electrons. The number of benzene rings is 2. The van der Waals surface area contributed by atoms with Gasteiger partial charge in [-0.3, -0.25) is 4.79 Å². The minimum Gasteiger partial charge on any atom is -0.322 e. The highest BCUT2D eigenvalue weighted by Crippen LogP contribution is 2.21. The molecule has 0 fully saturated rings. The second kappa shape index (κ2) is 6.17. The van der Waals surface area contributed by atoms with Crippen molar-refractivity contribution < 1.29 is 9.18 Å². The summed E-state index contributed by atoms with van der Waals surface area (Å²) in [6.07, 6.45) is 0. The Morgan fingerprint density at radius 3 is 2.47 bits per heavy atom. The quantitative estimate of drug-likeness (QED) is 0.810. The van der Waals surface area contributed by atoms with Gasteiger partial charge in [0, 0.05) is 11.0 Å². The van der Waals surface area contributed by atoms with Crippen molar-refractivity contribution in [1.82, 2.24) is 0 Å². The van der Waals surface area contributed by atoms with Crippen molar-refractivity contribution in [2.24, 2.45) is 0 Å². The van der Waals surface area contributed by atoms with Crippen molar-refractivity contribution >= 4 is 39.1 Å². The summed E-state index contributed by atoms with van der Waals surface area (Å²) in [6.45, 7) is 0. The number of rotatable bonds is 3. The molecule has 19 heavy (non-hydrogen) atoms. The van der Waals surface area contributed by atoms with Gasteiger partial charge >= 0.3 is 0 Å². The smallest absolute Gasteiger partial charge is 0.260 e. The molecule has 2 aromatic carbocycles. The van der Waals surface area contributed by atoms with Crippen LogP contribution in [-0.4, -0.2) is 5.91 Å². The zero-order valence-electron chi connectivity index (χ0n) is 9.79. The monoisotopic (exact) mass is 341 g/mol. The molecule has 0 saturated carbocycles. The van der Waals surface area contributed by atoms with Gasteiger partial charge < -0.3 is 5.32 Å².